The van der Waals surface area contributed by atoms with E-state index in [1.807, 2.05) is 13.2 Å². The summed E-state index contributed by atoms with van der Waals surface area (Å²) in [5.41, 5.74) is 2.02. The Balaban J connectivity index is 1.76. The van der Waals surface area contributed by atoms with Gasteiger partial charge < -0.3 is 10.4 Å². The molecule has 0 spiro atoms. The fraction of sp³-hybridized carbons (Fsp3) is 0.389. The van der Waals surface area contributed by atoms with Gasteiger partial charge in [0.25, 0.3) is 5.91 Å². The molecule has 1 saturated carbocycles. The fourth-order valence-corrected chi connectivity index (χ4v) is 3.06. The zero-order chi connectivity index (χ0) is 17.3. The van der Waals surface area contributed by atoms with Crippen molar-refractivity contribution < 1.29 is 14.7 Å². The Morgan fingerprint density at radius 1 is 1.25 bits per heavy atom. The number of aliphatic hydroxyl groups is 1. The van der Waals surface area contributed by atoms with Crippen LogP contribution in [0.3, 0.4) is 0 Å². The van der Waals surface area contributed by atoms with Crippen molar-refractivity contribution in [3.05, 3.63) is 53.3 Å². The highest BCUT2D eigenvalue weighted by Gasteiger charge is 2.36. The Morgan fingerprint density at radius 2 is 1.88 bits per heavy atom. The number of Topliss-reactive ketones (excluding diaryl/α,β-unsaturated/α-hetero) is 1. The maximum Gasteiger partial charge on any atom is 0.251 e. The number of hydrogen-bond acceptors (Lipinski definition) is 4. The van der Waals surface area contributed by atoms with Crippen LogP contribution in [0.5, 0.6) is 0 Å². The zero-order valence-electron chi connectivity index (χ0n) is 13.8. The van der Waals surface area contributed by atoms with Crippen LogP contribution in [0.25, 0.3) is 0 Å². The van der Waals surface area contributed by atoms with Crippen molar-refractivity contribution in [1.29, 1.82) is 0 Å². The number of hydrogen-bond donors (Lipinski definition) is 2. The molecule has 24 heavy (non-hydrogen) atoms. The Bertz CT molecular complexity index is 745. The van der Waals surface area contributed by atoms with E-state index in [0.717, 1.165) is 5.56 Å². The third-order valence-electron chi connectivity index (χ3n) is 4.55. The number of aliphatic hydroxyl groups excluding tert-OH is 1. The smallest absolute Gasteiger partial charge is 0.251 e. The molecule has 1 aliphatic carbocycles. The summed E-state index contributed by atoms with van der Waals surface area (Å²) >= 11 is 0. The molecule has 6 nitrogen and oxygen atoms in total. The van der Waals surface area contributed by atoms with Crippen LogP contribution in [-0.4, -0.2) is 32.7 Å². The minimum absolute atomic E-state index is 0.0290. The lowest BCUT2D eigenvalue weighted by atomic mass is 9.75. The predicted octanol–water partition coefficient (Wildman–Crippen LogP) is 1.86. The van der Waals surface area contributed by atoms with Crippen molar-refractivity contribution in [3.63, 3.8) is 0 Å². The van der Waals surface area contributed by atoms with Crippen molar-refractivity contribution in [2.75, 3.05) is 0 Å². The van der Waals surface area contributed by atoms with Crippen LogP contribution in [0.1, 0.15) is 52.1 Å². The third kappa shape index (κ3) is 3.38. The highest BCUT2D eigenvalue weighted by atomic mass is 16.3. The Kier molecular flexibility index (Phi) is 4.49. The number of nitrogens with one attached hydrogen (secondary N) is 1. The van der Waals surface area contributed by atoms with Crippen molar-refractivity contribution in [1.82, 2.24) is 15.1 Å². The molecular formula is C18H21N3O3. The molecular weight excluding hydrogens is 306 g/mol. The Hall–Kier alpha value is -2.47. The van der Waals surface area contributed by atoms with Crippen LogP contribution in [0.15, 0.2) is 36.7 Å². The second kappa shape index (κ2) is 6.57. The van der Waals surface area contributed by atoms with Gasteiger partial charge in [-0.05, 0) is 37.8 Å². The van der Waals surface area contributed by atoms with E-state index >= 15 is 0 Å². The summed E-state index contributed by atoms with van der Waals surface area (Å²) < 4.78 is 1.70. The topological polar surface area (TPSA) is 84.2 Å². The summed E-state index contributed by atoms with van der Waals surface area (Å²) in [6.45, 7) is 1.50. The van der Waals surface area contributed by atoms with Gasteiger partial charge in [0.1, 0.15) is 0 Å². The van der Waals surface area contributed by atoms with Crippen LogP contribution in [-0.2, 0) is 7.05 Å². The first kappa shape index (κ1) is 16.4. The van der Waals surface area contributed by atoms with Crippen molar-refractivity contribution in [2.45, 2.75) is 31.9 Å². The second-order valence-electron chi connectivity index (χ2n) is 6.42. The molecule has 2 aromatic rings. The molecule has 0 saturated heterocycles. The highest BCUT2D eigenvalue weighted by Crippen LogP contribution is 2.38. The Morgan fingerprint density at radius 3 is 2.38 bits per heavy atom. The number of rotatable bonds is 5. The van der Waals surface area contributed by atoms with Crippen molar-refractivity contribution >= 4 is 11.7 Å². The summed E-state index contributed by atoms with van der Waals surface area (Å²) in [5, 5.41) is 16.8. The molecule has 3 rings (SSSR count). The Labute approximate surface area is 140 Å². The molecule has 1 amide bonds. The molecule has 2 N–H and O–H groups in total. The molecule has 0 radical (unpaired) electrons. The number of aromatic nitrogens is 2. The molecule has 1 atom stereocenters. The number of ketones is 1. The first-order chi connectivity index (χ1) is 11.4. The van der Waals surface area contributed by atoms with Gasteiger partial charge in [-0.1, -0.05) is 12.1 Å². The molecule has 1 fully saturated rings. The largest absolute Gasteiger partial charge is 0.393 e. The first-order valence-corrected chi connectivity index (χ1v) is 8.02. The van der Waals surface area contributed by atoms with Crippen molar-refractivity contribution in [2.24, 2.45) is 13.0 Å². The number of benzene rings is 1. The summed E-state index contributed by atoms with van der Waals surface area (Å²) in [4.78, 5) is 23.9. The van der Waals surface area contributed by atoms with E-state index < -0.39 is 0 Å². The summed E-state index contributed by atoms with van der Waals surface area (Å²) in [6.07, 6.45) is 4.68. The standard InChI is InChI=1S/C18H21N3O3/c1-11(22)12-3-5-13(6-4-12)18(24)20-17(14-7-16(23)8-14)15-9-19-21(2)10-15/h3-6,9-10,14,16-17,23H,7-8H2,1-2H3,(H,20,24)/t14?,16?,17-/m0/s1. The monoisotopic (exact) mass is 327 g/mol. The van der Waals surface area contributed by atoms with Gasteiger partial charge in [-0.25, -0.2) is 0 Å². The van der Waals surface area contributed by atoms with E-state index in [2.05, 4.69) is 10.4 Å². The van der Waals surface area contributed by atoms with Gasteiger partial charge in [-0.15, -0.1) is 0 Å². The number of aryl methyl sites for hydroxylation is 1. The second-order valence-corrected chi connectivity index (χ2v) is 6.42. The van der Waals surface area contributed by atoms with E-state index in [1.54, 1.807) is 35.1 Å². The normalized spacial score (nSPS) is 21.0. The minimum Gasteiger partial charge on any atom is -0.393 e. The van der Waals surface area contributed by atoms with Crippen LogP contribution in [0.2, 0.25) is 0 Å². The van der Waals surface area contributed by atoms with Gasteiger partial charge in [0, 0.05) is 29.9 Å². The van der Waals surface area contributed by atoms with Crippen molar-refractivity contribution in [3.8, 4) is 0 Å². The minimum atomic E-state index is -0.291. The average Bonchev–Trinajstić information content (AvgIpc) is 2.96. The predicted molar refractivity (Wildman–Crippen MR) is 88.6 cm³/mol. The lowest BCUT2D eigenvalue weighted by molar-refractivity contribution is 0.0235. The van der Waals surface area contributed by atoms with Crippen LogP contribution in [0, 0.1) is 5.92 Å². The molecule has 126 valence electrons. The van der Waals surface area contributed by atoms with E-state index in [4.69, 9.17) is 0 Å². The number of nitrogens with zero attached hydrogens (tertiary/aromatic N) is 2. The molecule has 1 heterocycles. The van der Waals surface area contributed by atoms with Crippen LogP contribution in [0.4, 0.5) is 0 Å². The summed E-state index contributed by atoms with van der Waals surface area (Å²) in [6, 6.07) is 6.44. The average molecular weight is 327 g/mol. The number of carbonyl (C=O) groups is 2. The van der Waals surface area contributed by atoms with Gasteiger partial charge in [-0.3, -0.25) is 14.3 Å². The zero-order valence-corrected chi connectivity index (χ0v) is 13.8. The number of amides is 1. The highest BCUT2D eigenvalue weighted by molar-refractivity contribution is 5.97. The van der Waals surface area contributed by atoms with Gasteiger partial charge in [-0.2, -0.15) is 5.10 Å². The first-order valence-electron chi connectivity index (χ1n) is 8.02. The van der Waals surface area contributed by atoms with Crippen LogP contribution >= 0.6 is 0 Å². The van der Waals surface area contributed by atoms with E-state index in [-0.39, 0.29) is 29.8 Å². The van der Waals surface area contributed by atoms with E-state index in [0.29, 0.717) is 24.0 Å². The quantitative estimate of drug-likeness (QED) is 0.821. The van der Waals surface area contributed by atoms with Crippen LogP contribution < -0.4 is 5.32 Å². The van der Waals surface area contributed by atoms with Gasteiger partial charge in [0.15, 0.2) is 5.78 Å². The molecule has 6 heteroatoms. The lowest BCUT2D eigenvalue weighted by Crippen LogP contribution is -2.41. The number of carbonyl (C=O) groups excluding carboxylic acids is 2. The molecule has 1 aliphatic rings. The summed E-state index contributed by atoms with van der Waals surface area (Å²) in [5.74, 6) is -0.0244. The lowest BCUT2D eigenvalue weighted by Gasteiger charge is -2.37. The van der Waals surface area contributed by atoms with E-state index in [9.17, 15) is 14.7 Å². The molecule has 0 aliphatic heterocycles. The fourth-order valence-electron chi connectivity index (χ4n) is 3.06. The molecule has 1 aromatic heterocycles. The SMILES string of the molecule is CC(=O)c1ccc(C(=O)N[C@H](c2cnn(C)c2)C2CC(O)C2)cc1. The molecule has 0 unspecified atom stereocenters. The van der Waals surface area contributed by atoms with Gasteiger partial charge in [0.05, 0.1) is 18.3 Å². The van der Waals surface area contributed by atoms with Gasteiger partial charge in [0.2, 0.25) is 0 Å². The van der Waals surface area contributed by atoms with E-state index in [1.165, 1.54) is 6.92 Å². The third-order valence-corrected chi connectivity index (χ3v) is 4.55. The summed E-state index contributed by atoms with van der Waals surface area (Å²) in [7, 11) is 1.83. The molecule has 1 aromatic carbocycles. The molecule has 0 bridgehead atoms. The van der Waals surface area contributed by atoms with Gasteiger partial charge >= 0.3 is 0 Å². The maximum absolute atomic E-state index is 12.6. The maximum atomic E-state index is 12.6.